The summed E-state index contributed by atoms with van der Waals surface area (Å²) in [6.07, 6.45) is -0.671. The van der Waals surface area contributed by atoms with Crippen molar-refractivity contribution in [2.75, 3.05) is 13.2 Å². The first kappa shape index (κ1) is 11.1. The Morgan fingerprint density at radius 3 is 2.81 bits per heavy atom. The van der Waals surface area contributed by atoms with Crippen LogP contribution in [-0.2, 0) is 9.47 Å². The van der Waals surface area contributed by atoms with E-state index in [9.17, 15) is 9.90 Å². The summed E-state index contributed by atoms with van der Waals surface area (Å²) in [5.74, 6) is -0.421. The third-order valence-corrected chi connectivity index (χ3v) is 2.54. The monoisotopic (exact) mass is 222 g/mol. The van der Waals surface area contributed by atoms with E-state index in [0.29, 0.717) is 18.6 Å². The second-order valence-corrected chi connectivity index (χ2v) is 3.74. The molecule has 2 atom stereocenters. The van der Waals surface area contributed by atoms with Crippen LogP contribution in [0.15, 0.2) is 30.3 Å². The molecule has 1 unspecified atom stereocenters. The van der Waals surface area contributed by atoms with E-state index in [1.165, 1.54) is 0 Å². The van der Waals surface area contributed by atoms with E-state index in [1.807, 2.05) is 6.07 Å². The van der Waals surface area contributed by atoms with Crippen molar-refractivity contribution in [2.45, 2.75) is 18.6 Å². The predicted octanol–water partition coefficient (Wildman–Crippen LogP) is 0.993. The first-order chi connectivity index (χ1) is 7.77. The summed E-state index contributed by atoms with van der Waals surface area (Å²) >= 11 is 0. The van der Waals surface area contributed by atoms with E-state index >= 15 is 0 Å². The van der Waals surface area contributed by atoms with Gasteiger partial charge in [-0.2, -0.15) is 0 Å². The topological polar surface area (TPSA) is 55.8 Å². The fourth-order valence-corrected chi connectivity index (χ4v) is 1.59. The van der Waals surface area contributed by atoms with Crippen LogP contribution in [-0.4, -0.2) is 36.5 Å². The van der Waals surface area contributed by atoms with Crippen molar-refractivity contribution in [3.8, 4) is 0 Å². The van der Waals surface area contributed by atoms with Gasteiger partial charge in [0.05, 0.1) is 18.3 Å². The van der Waals surface area contributed by atoms with Gasteiger partial charge in [0.2, 0.25) is 0 Å². The van der Waals surface area contributed by atoms with Crippen LogP contribution in [0.2, 0.25) is 0 Å². The van der Waals surface area contributed by atoms with E-state index < -0.39 is 18.2 Å². The molecule has 0 aromatic heterocycles. The Morgan fingerprint density at radius 2 is 2.12 bits per heavy atom. The molecule has 1 aromatic rings. The molecule has 0 saturated carbocycles. The third-order valence-electron chi connectivity index (χ3n) is 2.54. The normalized spacial score (nSPS) is 25.1. The lowest BCUT2D eigenvalue weighted by molar-refractivity contribution is -0.0944. The summed E-state index contributed by atoms with van der Waals surface area (Å²) in [6.45, 7) is 0.778. The number of ether oxygens (including phenoxy) is 2. The number of hydrogen-bond donors (Lipinski definition) is 1. The second-order valence-electron chi connectivity index (χ2n) is 3.74. The Kier molecular flexibility index (Phi) is 3.54. The molecule has 0 radical (unpaired) electrons. The minimum Gasteiger partial charge on any atom is -0.454 e. The first-order valence-corrected chi connectivity index (χ1v) is 5.29. The molecule has 16 heavy (non-hydrogen) atoms. The standard InChI is InChI=1S/C12H14O4/c13-10-6-7-15-8-11(10)16-12(14)9-4-2-1-3-5-9/h1-5,10-11,13H,6-8H2/t10?,11-/m1/s1. The van der Waals surface area contributed by atoms with Crippen LogP contribution in [0.5, 0.6) is 0 Å². The first-order valence-electron chi connectivity index (χ1n) is 5.29. The van der Waals surface area contributed by atoms with E-state index in [4.69, 9.17) is 9.47 Å². The van der Waals surface area contributed by atoms with Gasteiger partial charge >= 0.3 is 5.97 Å². The van der Waals surface area contributed by atoms with Crippen molar-refractivity contribution in [2.24, 2.45) is 0 Å². The van der Waals surface area contributed by atoms with Crippen LogP contribution in [0.4, 0.5) is 0 Å². The molecular formula is C12H14O4. The number of hydrogen-bond acceptors (Lipinski definition) is 4. The molecule has 1 N–H and O–H groups in total. The largest absolute Gasteiger partial charge is 0.454 e. The molecule has 0 bridgehead atoms. The second kappa shape index (κ2) is 5.09. The van der Waals surface area contributed by atoms with Crippen molar-refractivity contribution in [3.63, 3.8) is 0 Å². The van der Waals surface area contributed by atoms with Gasteiger partial charge in [0.25, 0.3) is 0 Å². The zero-order valence-electron chi connectivity index (χ0n) is 8.83. The van der Waals surface area contributed by atoms with Gasteiger partial charge in [0.1, 0.15) is 0 Å². The summed E-state index contributed by atoms with van der Waals surface area (Å²) < 4.78 is 10.3. The van der Waals surface area contributed by atoms with Crippen molar-refractivity contribution in [1.29, 1.82) is 0 Å². The number of rotatable bonds is 2. The highest BCUT2D eigenvalue weighted by Gasteiger charge is 2.27. The zero-order valence-corrected chi connectivity index (χ0v) is 8.83. The molecule has 1 aromatic carbocycles. The van der Waals surface area contributed by atoms with E-state index in [-0.39, 0.29) is 6.61 Å². The van der Waals surface area contributed by atoms with Crippen molar-refractivity contribution < 1.29 is 19.4 Å². The molecule has 4 heteroatoms. The number of carbonyl (C=O) groups is 1. The van der Waals surface area contributed by atoms with Crippen LogP contribution < -0.4 is 0 Å². The fourth-order valence-electron chi connectivity index (χ4n) is 1.59. The lowest BCUT2D eigenvalue weighted by Crippen LogP contribution is -2.40. The van der Waals surface area contributed by atoms with Gasteiger partial charge in [-0.15, -0.1) is 0 Å². The smallest absolute Gasteiger partial charge is 0.338 e. The number of esters is 1. The van der Waals surface area contributed by atoms with Crippen LogP contribution >= 0.6 is 0 Å². The third kappa shape index (κ3) is 2.59. The minimum absolute atomic E-state index is 0.264. The highest BCUT2D eigenvalue weighted by atomic mass is 16.6. The Morgan fingerprint density at radius 1 is 1.38 bits per heavy atom. The predicted molar refractivity (Wildman–Crippen MR) is 57.1 cm³/mol. The Balaban J connectivity index is 1.96. The maximum Gasteiger partial charge on any atom is 0.338 e. The van der Waals surface area contributed by atoms with Gasteiger partial charge < -0.3 is 14.6 Å². The summed E-state index contributed by atoms with van der Waals surface area (Å²) in [5, 5.41) is 9.61. The summed E-state index contributed by atoms with van der Waals surface area (Å²) in [4.78, 5) is 11.7. The molecule has 1 saturated heterocycles. The molecule has 4 nitrogen and oxygen atoms in total. The highest BCUT2D eigenvalue weighted by molar-refractivity contribution is 5.89. The maximum atomic E-state index is 11.7. The maximum absolute atomic E-state index is 11.7. The van der Waals surface area contributed by atoms with E-state index in [2.05, 4.69) is 0 Å². The SMILES string of the molecule is O=C(O[C@@H]1COCCC1O)c1ccccc1. The molecule has 1 fully saturated rings. The van der Waals surface area contributed by atoms with E-state index in [1.54, 1.807) is 24.3 Å². The minimum atomic E-state index is -0.624. The van der Waals surface area contributed by atoms with Gasteiger partial charge in [0, 0.05) is 13.0 Å². The summed E-state index contributed by atoms with van der Waals surface area (Å²) in [7, 11) is 0. The number of carbonyl (C=O) groups excluding carboxylic acids is 1. The Hall–Kier alpha value is -1.39. The molecule has 0 spiro atoms. The van der Waals surface area contributed by atoms with Crippen molar-refractivity contribution in [1.82, 2.24) is 0 Å². The van der Waals surface area contributed by atoms with Crippen molar-refractivity contribution >= 4 is 5.97 Å². The molecule has 0 aliphatic carbocycles. The lowest BCUT2D eigenvalue weighted by atomic mass is 10.1. The molecule has 86 valence electrons. The fraction of sp³-hybridized carbons (Fsp3) is 0.417. The van der Waals surface area contributed by atoms with Gasteiger partial charge in [-0.3, -0.25) is 0 Å². The molecule has 1 aliphatic rings. The van der Waals surface area contributed by atoms with Crippen LogP contribution in [0, 0.1) is 0 Å². The highest BCUT2D eigenvalue weighted by Crippen LogP contribution is 2.13. The summed E-state index contributed by atoms with van der Waals surface area (Å²) in [5.41, 5.74) is 0.486. The van der Waals surface area contributed by atoms with Crippen molar-refractivity contribution in [3.05, 3.63) is 35.9 Å². The van der Waals surface area contributed by atoms with Gasteiger partial charge in [-0.25, -0.2) is 4.79 Å². The molecular weight excluding hydrogens is 208 g/mol. The van der Waals surface area contributed by atoms with Gasteiger partial charge in [-0.1, -0.05) is 18.2 Å². The van der Waals surface area contributed by atoms with Crippen LogP contribution in [0.1, 0.15) is 16.8 Å². The lowest BCUT2D eigenvalue weighted by Gasteiger charge is -2.27. The average molecular weight is 222 g/mol. The summed E-state index contributed by atoms with van der Waals surface area (Å²) in [6, 6.07) is 8.72. The zero-order chi connectivity index (χ0) is 11.4. The van der Waals surface area contributed by atoms with Crippen LogP contribution in [0.25, 0.3) is 0 Å². The van der Waals surface area contributed by atoms with Crippen LogP contribution in [0.3, 0.4) is 0 Å². The number of benzene rings is 1. The quantitative estimate of drug-likeness (QED) is 0.758. The molecule has 0 amide bonds. The number of aliphatic hydroxyl groups is 1. The average Bonchev–Trinajstić information content (AvgIpc) is 2.33. The molecule has 1 heterocycles. The Bertz CT molecular complexity index is 349. The molecule has 2 rings (SSSR count). The molecule has 1 aliphatic heterocycles. The number of aliphatic hydroxyl groups excluding tert-OH is 1. The van der Waals surface area contributed by atoms with Gasteiger partial charge in [-0.05, 0) is 12.1 Å². The van der Waals surface area contributed by atoms with E-state index in [0.717, 1.165) is 0 Å². The Labute approximate surface area is 93.8 Å². The van der Waals surface area contributed by atoms with Gasteiger partial charge in [0.15, 0.2) is 6.10 Å².